The quantitative estimate of drug-likeness (QED) is 0.683. The number of rotatable bonds is 3. The molecule has 130 valence electrons. The van der Waals surface area contributed by atoms with E-state index in [0.29, 0.717) is 6.42 Å². The van der Waals surface area contributed by atoms with Crippen molar-refractivity contribution in [2.45, 2.75) is 23.9 Å². The van der Waals surface area contributed by atoms with Crippen molar-refractivity contribution in [1.82, 2.24) is 9.29 Å². The van der Waals surface area contributed by atoms with E-state index in [1.807, 2.05) is 24.3 Å². The Morgan fingerprint density at radius 3 is 2.60 bits per heavy atom. The Labute approximate surface area is 154 Å². The number of aromatic amines is 1. The van der Waals surface area contributed by atoms with Gasteiger partial charge in [-0.1, -0.05) is 34.1 Å². The van der Waals surface area contributed by atoms with Gasteiger partial charge in [0.15, 0.2) is 0 Å². The van der Waals surface area contributed by atoms with E-state index < -0.39 is 16.1 Å². The maximum Gasteiger partial charge on any atom is 0.243 e. The second-order valence-corrected chi connectivity index (χ2v) is 8.98. The topological polar surface area (TPSA) is 73.4 Å². The molecule has 2 aromatic carbocycles. The number of aliphatic hydroxyl groups excluding tert-OH is 1. The fraction of sp³-hybridized carbons (Fsp3) is 0.222. The third-order valence-corrected chi connectivity index (χ3v) is 7.14. The minimum atomic E-state index is -3.69. The van der Waals surface area contributed by atoms with Crippen LogP contribution >= 0.6 is 15.9 Å². The van der Waals surface area contributed by atoms with Crippen LogP contribution in [-0.4, -0.2) is 35.5 Å². The summed E-state index contributed by atoms with van der Waals surface area (Å²) in [6, 6.07) is 14.0. The molecule has 1 aromatic heterocycles. The lowest BCUT2D eigenvalue weighted by Crippen LogP contribution is -2.46. The zero-order valence-electron chi connectivity index (χ0n) is 13.3. The zero-order valence-corrected chi connectivity index (χ0v) is 15.7. The lowest BCUT2D eigenvalue weighted by molar-refractivity contribution is 0.173. The smallest absolute Gasteiger partial charge is 0.243 e. The molecular weight excluding hydrogens is 404 g/mol. The van der Waals surface area contributed by atoms with E-state index >= 15 is 0 Å². The maximum absolute atomic E-state index is 13.1. The van der Waals surface area contributed by atoms with Crippen LogP contribution in [0.25, 0.3) is 10.9 Å². The predicted molar refractivity (Wildman–Crippen MR) is 99.7 cm³/mol. The number of para-hydroxylation sites is 1. The molecule has 0 saturated heterocycles. The largest absolute Gasteiger partial charge is 0.395 e. The second-order valence-electron chi connectivity index (χ2n) is 6.17. The summed E-state index contributed by atoms with van der Waals surface area (Å²) in [6.45, 7) is 0.0162. The summed E-state index contributed by atoms with van der Waals surface area (Å²) in [5.41, 5.74) is 2.98. The highest BCUT2D eigenvalue weighted by Crippen LogP contribution is 2.33. The Morgan fingerprint density at radius 1 is 1.16 bits per heavy atom. The Balaban J connectivity index is 1.78. The van der Waals surface area contributed by atoms with Crippen LogP contribution in [-0.2, 0) is 23.0 Å². The molecule has 0 bridgehead atoms. The summed E-state index contributed by atoms with van der Waals surface area (Å²) < 4.78 is 28.4. The van der Waals surface area contributed by atoms with E-state index in [4.69, 9.17) is 0 Å². The molecular formula is C18H17BrN2O3S. The van der Waals surface area contributed by atoms with Crippen LogP contribution in [0.2, 0.25) is 0 Å². The first-order valence-corrected chi connectivity index (χ1v) is 10.2. The molecule has 25 heavy (non-hydrogen) atoms. The Morgan fingerprint density at radius 2 is 1.88 bits per heavy atom. The number of sulfonamides is 1. The highest BCUT2D eigenvalue weighted by atomic mass is 79.9. The number of nitrogens with one attached hydrogen (secondary N) is 1. The minimum absolute atomic E-state index is 0.214. The van der Waals surface area contributed by atoms with Crippen LogP contribution in [0.5, 0.6) is 0 Å². The minimum Gasteiger partial charge on any atom is -0.395 e. The summed E-state index contributed by atoms with van der Waals surface area (Å²) in [4.78, 5) is 3.56. The van der Waals surface area contributed by atoms with E-state index in [0.717, 1.165) is 26.6 Å². The van der Waals surface area contributed by atoms with Crippen molar-refractivity contribution >= 4 is 36.9 Å². The third kappa shape index (κ3) is 2.81. The molecule has 0 saturated carbocycles. The Hall–Kier alpha value is -1.67. The molecule has 2 N–H and O–H groups in total. The van der Waals surface area contributed by atoms with Crippen molar-refractivity contribution in [2.75, 3.05) is 6.61 Å². The van der Waals surface area contributed by atoms with Crippen molar-refractivity contribution in [3.05, 3.63) is 64.3 Å². The molecule has 7 heteroatoms. The summed E-state index contributed by atoms with van der Waals surface area (Å²) in [5.74, 6) is 0. The van der Waals surface area contributed by atoms with Crippen LogP contribution in [0.4, 0.5) is 0 Å². The summed E-state index contributed by atoms with van der Waals surface area (Å²) in [5, 5.41) is 10.9. The molecule has 0 amide bonds. The van der Waals surface area contributed by atoms with Crippen molar-refractivity contribution < 1.29 is 13.5 Å². The summed E-state index contributed by atoms with van der Waals surface area (Å²) >= 11 is 3.32. The van der Waals surface area contributed by atoms with Gasteiger partial charge in [0.05, 0.1) is 24.1 Å². The lowest BCUT2D eigenvalue weighted by Gasteiger charge is -2.33. The number of hydrogen-bond acceptors (Lipinski definition) is 3. The van der Waals surface area contributed by atoms with Gasteiger partial charge in [-0.3, -0.25) is 0 Å². The number of benzene rings is 2. The SMILES string of the molecule is O=S(=O)(c1ccc(Br)cc1)N1Cc2[nH]c3ccccc3c2CC1CO. The number of fused-ring (bicyclic) bond motifs is 3. The first-order chi connectivity index (χ1) is 12.0. The van der Waals surface area contributed by atoms with Crippen molar-refractivity contribution in [3.8, 4) is 0 Å². The van der Waals surface area contributed by atoms with E-state index in [9.17, 15) is 13.5 Å². The van der Waals surface area contributed by atoms with Crippen LogP contribution < -0.4 is 0 Å². The van der Waals surface area contributed by atoms with Crippen LogP contribution in [0.15, 0.2) is 57.9 Å². The van der Waals surface area contributed by atoms with Gasteiger partial charge in [-0.2, -0.15) is 4.31 Å². The van der Waals surface area contributed by atoms with E-state index in [1.54, 1.807) is 24.3 Å². The molecule has 0 radical (unpaired) electrons. The fourth-order valence-electron chi connectivity index (χ4n) is 3.43. The lowest BCUT2D eigenvalue weighted by atomic mass is 9.99. The zero-order chi connectivity index (χ0) is 17.6. The highest BCUT2D eigenvalue weighted by molar-refractivity contribution is 9.10. The first kappa shape index (κ1) is 16.8. The average molecular weight is 421 g/mol. The molecule has 1 aliphatic rings. The second kappa shape index (κ2) is 6.25. The molecule has 5 nitrogen and oxygen atoms in total. The molecule has 1 atom stereocenters. The normalized spacial score (nSPS) is 18.4. The molecule has 0 aliphatic carbocycles. The van der Waals surface area contributed by atoms with Gasteiger partial charge in [0.25, 0.3) is 0 Å². The molecule has 1 aliphatic heterocycles. The third-order valence-electron chi connectivity index (χ3n) is 4.69. The van der Waals surface area contributed by atoms with Gasteiger partial charge in [-0.05, 0) is 42.3 Å². The molecule has 0 spiro atoms. The first-order valence-electron chi connectivity index (χ1n) is 7.97. The Bertz CT molecular complexity index is 1030. The highest BCUT2D eigenvalue weighted by Gasteiger charge is 2.36. The monoisotopic (exact) mass is 420 g/mol. The number of H-pyrrole nitrogens is 1. The molecule has 1 unspecified atom stereocenters. The van der Waals surface area contributed by atoms with Crippen LogP contribution in [0.3, 0.4) is 0 Å². The van der Waals surface area contributed by atoms with E-state index in [1.165, 1.54) is 4.31 Å². The molecule has 0 fully saturated rings. The molecule has 2 heterocycles. The molecule has 4 rings (SSSR count). The molecule has 3 aromatic rings. The van der Waals surface area contributed by atoms with Crippen LogP contribution in [0, 0.1) is 0 Å². The predicted octanol–water partition coefficient (Wildman–Crippen LogP) is 3.04. The van der Waals surface area contributed by atoms with Gasteiger partial charge < -0.3 is 10.1 Å². The number of aliphatic hydroxyl groups is 1. The van der Waals surface area contributed by atoms with Gasteiger partial charge in [0, 0.05) is 21.1 Å². The number of hydrogen-bond donors (Lipinski definition) is 2. The average Bonchev–Trinajstić information content (AvgIpc) is 2.98. The van der Waals surface area contributed by atoms with Crippen molar-refractivity contribution in [3.63, 3.8) is 0 Å². The van der Waals surface area contributed by atoms with Crippen LogP contribution in [0.1, 0.15) is 11.3 Å². The van der Waals surface area contributed by atoms with Gasteiger partial charge in [0.1, 0.15) is 0 Å². The number of halogens is 1. The van der Waals surface area contributed by atoms with Gasteiger partial charge in [0.2, 0.25) is 10.0 Å². The standard InChI is InChI=1S/C18H17BrN2O3S/c19-12-5-7-14(8-6-12)25(23,24)21-10-18-16(9-13(21)11-22)15-3-1-2-4-17(15)20-18/h1-8,13,20,22H,9-11H2. The van der Waals surface area contributed by atoms with Gasteiger partial charge in [-0.15, -0.1) is 0 Å². The maximum atomic E-state index is 13.1. The fourth-order valence-corrected chi connectivity index (χ4v) is 5.27. The van der Waals surface area contributed by atoms with Gasteiger partial charge in [-0.25, -0.2) is 8.42 Å². The van der Waals surface area contributed by atoms with Crippen molar-refractivity contribution in [2.24, 2.45) is 0 Å². The number of nitrogens with zero attached hydrogens (tertiary/aromatic N) is 1. The summed E-state index contributed by atoms with van der Waals surface area (Å²) in [6.07, 6.45) is 0.492. The summed E-state index contributed by atoms with van der Waals surface area (Å²) in [7, 11) is -3.69. The van der Waals surface area contributed by atoms with E-state index in [-0.39, 0.29) is 18.0 Å². The number of aromatic nitrogens is 1. The van der Waals surface area contributed by atoms with E-state index in [2.05, 4.69) is 20.9 Å². The van der Waals surface area contributed by atoms with Gasteiger partial charge >= 0.3 is 0 Å². The van der Waals surface area contributed by atoms with Crippen molar-refractivity contribution in [1.29, 1.82) is 0 Å². The Kier molecular flexibility index (Phi) is 4.19.